The number of carbonyl (C=O) groups is 1. The fourth-order valence-electron chi connectivity index (χ4n) is 3.89. The van der Waals surface area contributed by atoms with Crippen molar-refractivity contribution in [1.29, 1.82) is 0 Å². The molecule has 0 aromatic heterocycles. The van der Waals surface area contributed by atoms with Crippen molar-refractivity contribution in [1.82, 2.24) is 5.32 Å². The zero-order valence-corrected chi connectivity index (χ0v) is 13.5. The van der Waals surface area contributed by atoms with Crippen molar-refractivity contribution >= 4 is 15.7 Å². The van der Waals surface area contributed by atoms with Crippen LogP contribution >= 0.6 is 0 Å². The van der Waals surface area contributed by atoms with Gasteiger partial charge in [0.05, 0.1) is 10.8 Å². The number of fused-ring (bicyclic) bond motifs is 2. The molecule has 4 unspecified atom stereocenters. The van der Waals surface area contributed by atoms with Crippen LogP contribution < -0.4 is 11.1 Å². The first kappa shape index (κ1) is 15.5. The molecule has 2 bridgehead atoms. The predicted octanol–water partition coefficient (Wildman–Crippen LogP) is 1.08. The topological polar surface area (TPSA) is 89.3 Å². The maximum absolute atomic E-state index is 12.4. The molecule has 1 amide bonds. The Kier molecular flexibility index (Phi) is 3.99. The van der Waals surface area contributed by atoms with E-state index in [2.05, 4.69) is 5.32 Å². The van der Waals surface area contributed by atoms with Crippen molar-refractivity contribution in [3.63, 3.8) is 0 Å². The van der Waals surface area contributed by atoms with Gasteiger partial charge >= 0.3 is 0 Å². The number of hydrogen-bond acceptors (Lipinski definition) is 4. The van der Waals surface area contributed by atoms with E-state index < -0.39 is 9.84 Å². The van der Waals surface area contributed by atoms with Gasteiger partial charge in [0.1, 0.15) is 0 Å². The maximum atomic E-state index is 12.4. The summed E-state index contributed by atoms with van der Waals surface area (Å²) in [5, 5.41) is 2.95. The highest BCUT2D eigenvalue weighted by Crippen LogP contribution is 2.47. The van der Waals surface area contributed by atoms with E-state index in [9.17, 15) is 13.2 Å². The highest BCUT2D eigenvalue weighted by atomic mass is 32.2. The summed E-state index contributed by atoms with van der Waals surface area (Å²) >= 11 is 0. The van der Waals surface area contributed by atoms with Gasteiger partial charge in [0.2, 0.25) is 5.91 Å². The summed E-state index contributed by atoms with van der Waals surface area (Å²) in [5.74, 6) is 0.920. The Hall–Kier alpha value is -1.40. The summed E-state index contributed by atoms with van der Waals surface area (Å²) in [6.07, 6.45) is 4.53. The van der Waals surface area contributed by atoms with Gasteiger partial charge in [0, 0.05) is 18.8 Å². The number of sulfone groups is 1. The standard InChI is InChI=1S/C16H22N2O3S/c1-22(20,21)13-6-2-10(3-7-13)9-18-16(19)14-11-4-5-12(8-11)15(14)17/h2-3,6-7,11-12,14-15H,4-5,8-9,17H2,1H3,(H,18,19). The van der Waals surface area contributed by atoms with Crippen LogP contribution in [0.25, 0.3) is 0 Å². The van der Waals surface area contributed by atoms with Crippen LogP contribution in [0.3, 0.4) is 0 Å². The van der Waals surface area contributed by atoms with Gasteiger partial charge in [-0.3, -0.25) is 4.79 Å². The molecule has 0 saturated heterocycles. The second-order valence-corrected chi connectivity index (χ2v) is 8.59. The second-order valence-electron chi connectivity index (χ2n) is 6.57. The number of amides is 1. The zero-order chi connectivity index (χ0) is 15.9. The van der Waals surface area contributed by atoms with Gasteiger partial charge in [0.15, 0.2) is 9.84 Å². The smallest absolute Gasteiger partial charge is 0.225 e. The van der Waals surface area contributed by atoms with Crippen molar-refractivity contribution < 1.29 is 13.2 Å². The van der Waals surface area contributed by atoms with Gasteiger partial charge in [-0.2, -0.15) is 0 Å². The average molecular weight is 322 g/mol. The number of rotatable bonds is 4. The third kappa shape index (κ3) is 2.90. The highest BCUT2D eigenvalue weighted by molar-refractivity contribution is 7.90. The number of carbonyl (C=O) groups excluding carboxylic acids is 1. The lowest BCUT2D eigenvalue weighted by atomic mass is 9.84. The lowest BCUT2D eigenvalue weighted by molar-refractivity contribution is -0.127. The molecule has 0 aliphatic heterocycles. The van der Waals surface area contributed by atoms with E-state index >= 15 is 0 Å². The Morgan fingerprint density at radius 2 is 1.86 bits per heavy atom. The van der Waals surface area contributed by atoms with Crippen LogP contribution in [0.1, 0.15) is 24.8 Å². The Morgan fingerprint density at radius 3 is 2.41 bits per heavy atom. The molecular weight excluding hydrogens is 300 g/mol. The summed E-state index contributed by atoms with van der Waals surface area (Å²) in [7, 11) is -3.18. The van der Waals surface area contributed by atoms with Crippen LogP contribution in [0.4, 0.5) is 0 Å². The van der Waals surface area contributed by atoms with Crippen molar-refractivity contribution in [2.45, 2.75) is 36.7 Å². The summed E-state index contributed by atoms with van der Waals surface area (Å²) in [4.78, 5) is 12.6. The summed E-state index contributed by atoms with van der Waals surface area (Å²) in [6, 6.07) is 6.60. The maximum Gasteiger partial charge on any atom is 0.225 e. The quantitative estimate of drug-likeness (QED) is 0.868. The molecule has 2 fully saturated rings. The number of nitrogens with one attached hydrogen (secondary N) is 1. The average Bonchev–Trinajstić information content (AvgIpc) is 3.05. The van der Waals surface area contributed by atoms with Crippen LogP contribution in [-0.2, 0) is 21.2 Å². The minimum atomic E-state index is -3.18. The van der Waals surface area contributed by atoms with Gasteiger partial charge in [-0.25, -0.2) is 8.42 Å². The predicted molar refractivity (Wildman–Crippen MR) is 83.7 cm³/mol. The van der Waals surface area contributed by atoms with Crippen LogP contribution in [-0.4, -0.2) is 26.6 Å². The van der Waals surface area contributed by atoms with E-state index in [0.717, 1.165) is 24.8 Å². The van der Waals surface area contributed by atoms with Crippen LogP contribution in [0.2, 0.25) is 0 Å². The largest absolute Gasteiger partial charge is 0.352 e. The molecular formula is C16H22N2O3S. The zero-order valence-electron chi connectivity index (χ0n) is 12.7. The Morgan fingerprint density at radius 1 is 1.23 bits per heavy atom. The lowest BCUT2D eigenvalue weighted by Gasteiger charge is -2.27. The summed E-state index contributed by atoms with van der Waals surface area (Å²) < 4.78 is 22.8. The number of hydrogen-bond donors (Lipinski definition) is 2. The molecule has 2 aliphatic rings. The molecule has 0 spiro atoms. The van der Waals surface area contributed by atoms with Gasteiger partial charge < -0.3 is 11.1 Å². The normalized spacial score (nSPS) is 30.5. The van der Waals surface area contributed by atoms with Gasteiger partial charge in [0.25, 0.3) is 0 Å². The Labute approximate surface area is 131 Å². The molecule has 3 N–H and O–H groups in total. The second kappa shape index (κ2) is 5.66. The first-order valence-electron chi connectivity index (χ1n) is 7.68. The van der Waals surface area contributed by atoms with Crippen molar-refractivity contribution in [2.75, 3.05) is 6.26 Å². The molecule has 0 heterocycles. The van der Waals surface area contributed by atoms with E-state index in [0.29, 0.717) is 18.4 Å². The molecule has 5 nitrogen and oxygen atoms in total. The molecule has 2 saturated carbocycles. The third-order valence-corrected chi connectivity index (χ3v) is 6.23. The van der Waals surface area contributed by atoms with E-state index in [1.807, 2.05) is 0 Å². The van der Waals surface area contributed by atoms with Crippen LogP contribution in [0.15, 0.2) is 29.2 Å². The van der Waals surface area contributed by atoms with Crippen LogP contribution in [0.5, 0.6) is 0 Å². The van der Waals surface area contributed by atoms with E-state index in [4.69, 9.17) is 5.73 Å². The minimum Gasteiger partial charge on any atom is -0.352 e. The van der Waals surface area contributed by atoms with E-state index in [1.54, 1.807) is 24.3 Å². The Balaban J connectivity index is 1.60. The molecule has 3 rings (SSSR count). The van der Waals surface area contributed by atoms with Gasteiger partial charge in [-0.05, 0) is 48.8 Å². The molecule has 1 aromatic rings. The van der Waals surface area contributed by atoms with E-state index in [-0.39, 0.29) is 22.8 Å². The van der Waals surface area contributed by atoms with Crippen molar-refractivity contribution in [2.24, 2.45) is 23.5 Å². The Bertz CT molecular complexity index is 667. The van der Waals surface area contributed by atoms with Crippen molar-refractivity contribution in [3.05, 3.63) is 29.8 Å². The summed E-state index contributed by atoms with van der Waals surface area (Å²) in [5.41, 5.74) is 7.06. The van der Waals surface area contributed by atoms with Crippen LogP contribution in [0, 0.1) is 17.8 Å². The highest BCUT2D eigenvalue weighted by Gasteiger charge is 2.48. The van der Waals surface area contributed by atoms with Crippen molar-refractivity contribution in [3.8, 4) is 0 Å². The minimum absolute atomic E-state index is 0.00800. The van der Waals surface area contributed by atoms with Gasteiger partial charge in [-0.1, -0.05) is 12.1 Å². The summed E-state index contributed by atoms with van der Waals surface area (Å²) in [6.45, 7) is 0.406. The molecule has 6 heteroatoms. The molecule has 120 valence electrons. The van der Waals surface area contributed by atoms with E-state index in [1.165, 1.54) is 6.26 Å². The third-order valence-electron chi connectivity index (χ3n) is 5.10. The number of nitrogens with two attached hydrogens (primary N) is 1. The fourth-order valence-corrected chi connectivity index (χ4v) is 4.52. The molecule has 2 aliphatic carbocycles. The monoisotopic (exact) mass is 322 g/mol. The SMILES string of the molecule is CS(=O)(=O)c1ccc(CNC(=O)C2C3CCC(C3)C2N)cc1. The molecule has 4 atom stereocenters. The lowest BCUT2D eigenvalue weighted by Crippen LogP contribution is -2.45. The first-order chi connectivity index (χ1) is 10.4. The fraction of sp³-hybridized carbons (Fsp3) is 0.562. The van der Waals surface area contributed by atoms with Gasteiger partial charge in [-0.15, -0.1) is 0 Å². The number of benzene rings is 1. The molecule has 1 aromatic carbocycles. The molecule has 0 radical (unpaired) electrons. The molecule has 22 heavy (non-hydrogen) atoms. The first-order valence-corrected chi connectivity index (χ1v) is 9.57.